The van der Waals surface area contributed by atoms with E-state index in [9.17, 15) is 4.79 Å². The molecule has 0 saturated heterocycles. The lowest BCUT2D eigenvalue weighted by molar-refractivity contribution is 0.102. The smallest absolute Gasteiger partial charge is 0.211 e. The SMILES string of the molecule is CCn1nc(C)cc1C(=O)c1ccc(Cl)c(Cl)c1. The van der Waals surface area contributed by atoms with E-state index < -0.39 is 0 Å². The Morgan fingerprint density at radius 3 is 2.61 bits per heavy atom. The van der Waals surface area contributed by atoms with E-state index in [1.54, 1.807) is 28.9 Å². The summed E-state index contributed by atoms with van der Waals surface area (Å²) in [7, 11) is 0. The Kier molecular flexibility index (Phi) is 3.73. The van der Waals surface area contributed by atoms with Crippen LogP contribution in [0.25, 0.3) is 0 Å². The van der Waals surface area contributed by atoms with Gasteiger partial charge in [-0.05, 0) is 38.1 Å². The predicted molar refractivity (Wildman–Crippen MR) is 72.5 cm³/mol. The highest BCUT2D eigenvalue weighted by atomic mass is 35.5. The molecule has 1 aromatic carbocycles. The van der Waals surface area contributed by atoms with Gasteiger partial charge in [0.2, 0.25) is 5.78 Å². The van der Waals surface area contributed by atoms with Gasteiger partial charge in [0, 0.05) is 12.1 Å². The minimum atomic E-state index is -0.101. The zero-order valence-corrected chi connectivity index (χ0v) is 11.6. The summed E-state index contributed by atoms with van der Waals surface area (Å²) in [4.78, 5) is 12.3. The summed E-state index contributed by atoms with van der Waals surface area (Å²) in [6.45, 7) is 4.45. The van der Waals surface area contributed by atoms with Gasteiger partial charge >= 0.3 is 0 Å². The molecule has 0 aliphatic rings. The number of carbonyl (C=O) groups is 1. The highest BCUT2D eigenvalue weighted by Gasteiger charge is 2.16. The fraction of sp³-hybridized carbons (Fsp3) is 0.231. The van der Waals surface area contributed by atoms with E-state index in [1.807, 2.05) is 13.8 Å². The Morgan fingerprint density at radius 2 is 2.00 bits per heavy atom. The van der Waals surface area contributed by atoms with Crippen LogP contribution in [-0.2, 0) is 6.54 Å². The van der Waals surface area contributed by atoms with E-state index in [4.69, 9.17) is 23.2 Å². The van der Waals surface area contributed by atoms with Gasteiger partial charge in [-0.1, -0.05) is 23.2 Å². The molecule has 0 fully saturated rings. The van der Waals surface area contributed by atoms with Gasteiger partial charge in [0.15, 0.2) is 0 Å². The minimum absolute atomic E-state index is 0.101. The van der Waals surface area contributed by atoms with Crippen LogP contribution in [0.1, 0.15) is 28.7 Å². The van der Waals surface area contributed by atoms with Gasteiger partial charge in [-0.15, -0.1) is 0 Å². The van der Waals surface area contributed by atoms with E-state index in [0.29, 0.717) is 27.8 Å². The van der Waals surface area contributed by atoms with Gasteiger partial charge < -0.3 is 0 Å². The Hall–Kier alpha value is -1.32. The third-order valence-corrected chi connectivity index (χ3v) is 3.36. The molecule has 18 heavy (non-hydrogen) atoms. The number of aryl methyl sites for hydroxylation is 2. The van der Waals surface area contributed by atoms with Gasteiger partial charge in [0.05, 0.1) is 15.7 Å². The normalized spacial score (nSPS) is 10.7. The van der Waals surface area contributed by atoms with Crippen LogP contribution in [0, 0.1) is 6.92 Å². The molecule has 0 unspecified atom stereocenters. The van der Waals surface area contributed by atoms with Gasteiger partial charge in [-0.25, -0.2) is 0 Å². The topological polar surface area (TPSA) is 34.9 Å². The molecule has 94 valence electrons. The van der Waals surface area contributed by atoms with Gasteiger partial charge in [-0.3, -0.25) is 9.48 Å². The number of hydrogen-bond acceptors (Lipinski definition) is 2. The Bertz CT molecular complexity index is 605. The number of rotatable bonds is 3. The summed E-state index contributed by atoms with van der Waals surface area (Å²) in [5, 5.41) is 5.07. The van der Waals surface area contributed by atoms with E-state index in [1.165, 1.54) is 0 Å². The van der Waals surface area contributed by atoms with Crippen LogP contribution in [0.4, 0.5) is 0 Å². The molecule has 0 spiro atoms. The average Bonchev–Trinajstić information content (AvgIpc) is 2.73. The summed E-state index contributed by atoms with van der Waals surface area (Å²) >= 11 is 11.8. The number of benzene rings is 1. The number of aromatic nitrogens is 2. The van der Waals surface area contributed by atoms with Crippen molar-refractivity contribution >= 4 is 29.0 Å². The molecular formula is C13H12Cl2N2O. The number of ketones is 1. The van der Waals surface area contributed by atoms with E-state index >= 15 is 0 Å². The van der Waals surface area contributed by atoms with Crippen molar-refractivity contribution in [2.75, 3.05) is 0 Å². The van der Waals surface area contributed by atoms with Crippen molar-refractivity contribution in [3.05, 3.63) is 51.3 Å². The maximum absolute atomic E-state index is 12.3. The zero-order chi connectivity index (χ0) is 13.3. The molecule has 0 aliphatic carbocycles. The second-order valence-corrected chi connectivity index (χ2v) is 4.76. The predicted octanol–water partition coefficient (Wildman–Crippen LogP) is 3.75. The van der Waals surface area contributed by atoms with E-state index in [-0.39, 0.29) is 5.78 Å². The van der Waals surface area contributed by atoms with Crippen LogP contribution in [0.5, 0.6) is 0 Å². The molecule has 0 bridgehead atoms. The molecule has 0 atom stereocenters. The third-order valence-electron chi connectivity index (χ3n) is 2.62. The summed E-state index contributed by atoms with van der Waals surface area (Å²) in [5.41, 5.74) is 1.90. The molecule has 3 nitrogen and oxygen atoms in total. The highest BCUT2D eigenvalue weighted by molar-refractivity contribution is 6.42. The molecule has 0 amide bonds. The Balaban J connectivity index is 2.44. The third kappa shape index (κ3) is 2.42. The fourth-order valence-corrected chi connectivity index (χ4v) is 2.05. The first-order chi connectivity index (χ1) is 8.52. The molecule has 1 aromatic heterocycles. The van der Waals surface area contributed by atoms with Gasteiger partial charge in [0.25, 0.3) is 0 Å². The lowest BCUT2D eigenvalue weighted by Crippen LogP contribution is -2.10. The number of carbonyl (C=O) groups excluding carboxylic acids is 1. The fourth-order valence-electron chi connectivity index (χ4n) is 1.75. The van der Waals surface area contributed by atoms with E-state index in [2.05, 4.69) is 5.10 Å². The number of halogens is 2. The average molecular weight is 283 g/mol. The quantitative estimate of drug-likeness (QED) is 0.804. The standard InChI is InChI=1S/C13H12Cl2N2O/c1-3-17-12(6-8(2)16-17)13(18)9-4-5-10(14)11(15)7-9/h4-7H,3H2,1-2H3. The largest absolute Gasteiger partial charge is 0.287 e. The monoisotopic (exact) mass is 282 g/mol. The molecular weight excluding hydrogens is 271 g/mol. The maximum atomic E-state index is 12.3. The van der Waals surface area contributed by atoms with Crippen molar-refractivity contribution in [2.24, 2.45) is 0 Å². The molecule has 0 N–H and O–H groups in total. The molecule has 2 aromatic rings. The number of nitrogens with zero attached hydrogens (tertiary/aromatic N) is 2. The van der Waals surface area contributed by atoms with Crippen molar-refractivity contribution in [1.29, 1.82) is 0 Å². The first-order valence-corrected chi connectivity index (χ1v) is 6.32. The first kappa shape index (κ1) is 13.1. The Morgan fingerprint density at radius 1 is 1.28 bits per heavy atom. The zero-order valence-electron chi connectivity index (χ0n) is 10.1. The summed E-state index contributed by atoms with van der Waals surface area (Å²) in [6, 6.07) is 6.64. The van der Waals surface area contributed by atoms with Crippen LogP contribution in [-0.4, -0.2) is 15.6 Å². The van der Waals surface area contributed by atoms with Crippen LogP contribution in [0.3, 0.4) is 0 Å². The molecule has 2 rings (SSSR count). The van der Waals surface area contributed by atoms with Crippen molar-refractivity contribution in [2.45, 2.75) is 20.4 Å². The molecule has 0 saturated carbocycles. The highest BCUT2D eigenvalue weighted by Crippen LogP contribution is 2.24. The maximum Gasteiger partial charge on any atom is 0.211 e. The van der Waals surface area contributed by atoms with Crippen LogP contribution in [0.15, 0.2) is 24.3 Å². The summed E-state index contributed by atoms with van der Waals surface area (Å²) in [6.07, 6.45) is 0. The Labute approximate surface area is 115 Å². The molecule has 0 radical (unpaired) electrons. The summed E-state index contributed by atoms with van der Waals surface area (Å²) in [5.74, 6) is -0.101. The number of hydrogen-bond donors (Lipinski definition) is 0. The summed E-state index contributed by atoms with van der Waals surface area (Å²) < 4.78 is 1.68. The lowest BCUT2D eigenvalue weighted by atomic mass is 10.1. The van der Waals surface area contributed by atoms with Crippen molar-refractivity contribution in [3.8, 4) is 0 Å². The van der Waals surface area contributed by atoms with Crippen LogP contribution >= 0.6 is 23.2 Å². The second kappa shape index (κ2) is 5.12. The van der Waals surface area contributed by atoms with Gasteiger partial charge in [-0.2, -0.15) is 5.10 Å². The van der Waals surface area contributed by atoms with Gasteiger partial charge in [0.1, 0.15) is 5.69 Å². The van der Waals surface area contributed by atoms with E-state index in [0.717, 1.165) is 5.69 Å². The lowest BCUT2D eigenvalue weighted by Gasteiger charge is -2.04. The van der Waals surface area contributed by atoms with Crippen molar-refractivity contribution < 1.29 is 4.79 Å². The second-order valence-electron chi connectivity index (χ2n) is 3.94. The van der Waals surface area contributed by atoms with Crippen LogP contribution in [0.2, 0.25) is 10.0 Å². The van der Waals surface area contributed by atoms with Crippen LogP contribution < -0.4 is 0 Å². The first-order valence-electron chi connectivity index (χ1n) is 5.57. The molecule has 5 heteroatoms. The van der Waals surface area contributed by atoms with Crippen molar-refractivity contribution in [1.82, 2.24) is 9.78 Å². The van der Waals surface area contributed by atoms with Crippen molar-refractivity contribution in [3.63, 3.8) is 0 Å². The molecule has 0 aliphatic heterocycles. The molecule has 1 heterocycles. The minimum Gasteiger partial charge on any atom is -0.287 e.